The second kappa shape index (κ2) is 8.72. The summed E-state index contributed by atoms with van der Waals surface area (Å²) in [6, 6.07) is 3.56. The summed E-state index contributed by atoms with van der Waals surface area (Å²) >= 11 is 0. The zero-order chi connectivity index (χ0) is 24.0. The predicted molar refractivity (Wildman–Crippen MR) is 118 cm³/mol. The van der Waals surface area contributed by atoms with Crippen molar-refractivity contribution in [1.82, 2.24) is 15.1 Å². The second-order valence-corrected chi connectivity index (χ2v) is 9.19. The molecule has 10 heteroatoms. The molecule has 1 aliphatic carbocycles. The number of nitrogens with one attached hydrogen (secondary N) is 1. The number of anilines is 1. The first-order chi connectivity index (χ1) is 16.3. The van der Waals surface area contributed by atoms with Gasteiger partial charge in [0.1, 0.15) is 11.9 Å². The van der Waals surface area contributed by atoms with Crippen LogP contribution >= 0.6 is 0 Å². The lowest BCUT2D eigenvalue weighted by Gasteiger charge is -2.39. The number of ether oxygens (including phenoxy) is 1. The van der Waals surface area contributed by atoms with Gasteiger partial charge in [-0.25, -0.2) is 4.68 Å². The number of hydrogen-bond acceptors (Lipinski definition) is 4. The van der Waals surface area contributed by atoms with Gasteiger partial charge in [-0.05, 0) is 56.7 Å². The van der Waals surface area contributed by atoms with E-state index in [4.69, 9.17) is 4.74 Å². The van der Waals surface area contributed by atoms with Crippen molar-refractivity contribution >= 4 is 17.6 Å². The minimum Gasteiger partial charge on any atom is -0.381 e. The van der Waals surface area contributed by atoms with E-state index >= 15 is 0 Å². The Balaban J connectivity index is 1.48. The molecule has 2 aromatic rings. The van der Waals surface area contributed by atoms with Gasteiger partial charge in [-0.1, -0.05) is 6.07 Å². The number of alkyl halides is 3. The number of rotatable bonds is 5. The van der Waals surface area contributed by atoms with Crippen LogP contribution in [0.3, 0.4) is 0 Å². The average molecular weight is 476 g/mol. The normalized spacial score (nSPS) is 23.6. The zero-order valence-electron chi connectivity index (χ0n) is 18.8. The van der Waals surface area contributed by atoms with Gasteiger partial charge in [0.25, 0.3) is 11.8 Å². The van der Waals surface area contributed by atoms with E-state index in [-0.39, 0.29) is 29.3 Å². The summed E-state index contributed by atoms with van der Waals surface area (Å²) in [5, 5.41) is 7.43. The zero-order valence-corrected chi connectivity index (χ0v) is 18.8. The van der Waals surface area contributed by atoms with Gasteiger partial charge >= 0.3 is 6.18 Å². The Morgan fingerprint density at radius 3 is 2.59 bits per heavy atom. The Bertz CT molecular complexity index is 1090. The largest absolute Gasteiger partial charge is 0.416 e. The van der Waals surface area contributed by atoms with Gasteiger partial charge < -0.3 is 10.1 Å². The number of hydrogen-bond donors (Lipinski definition) is 1. The van der Waals surface area contributed by atoms with E-state index in [9.17, 15) is 22.8 Å². The van der Waals surface area contributed by atoms with Crippen molar-refractivity contribution in [1.29, 1.82) is 0 Å². The molecule has 0 bridgehead atoms. The van der Waals surface area contributed by atoms with E-state index in [1.807, 2.05) is 11.6 Å². The van der Waals surface area contributed by atoms with Crippen molar-refractivity contribution in [3.8, 4) is 0 Å². The van der Waals surface area contributed by atoms with E-state index in [0.29, 0.717) is 19.8 Å². The summed E-state index contributed by atoms with van der Waals surface area (Å²) in [6.45, 7) is 3.54. The van der Waals surface area contributed by atoms with Crippen LogP contribution < -0.4 is 10.2 Å². The van der Waals surface area contributed by atoms with Crippen molar-refractivity contribution < 1.29 is 27.5 Å². The number of nitrogens with zero attached hydrogens (tertiary/aromatic N) is 3. The number of aromatic nitrogens is 2. The number of carbonyl (C=O) groups excluding carboxylic acids is 2. The van der Waals surface area contributed by atoms with Crippen LogP contribution in [-0.2, 0) is 15.7 Å². The van der Waals surface area contributed by atoms with Crippen LogP contribution in [0.15, 0.2) is 30.5 Å². The van der Waals surface area contributed by atoms with Crippen LogP contribution in [0.25, 0.3) is 0 Å². The summed E-state index contributed by atoms with van der Waals surface area (Å²) in [7, 11) is 0. The molecule has 1 aromatic carbocycles. The molecule has 0 unspecified atom stereocenters. The molecular formula is C24H27F3N4O3. The molecular weight excluding hydrogens is 449 g/mol. The molecule has 2 amide bonds. The summed E-state index contributed by atoms with van der Waals surface area (Å²) in [5.74, 6) is -0.192. The van der Waals surface area contributed by atoms with Gasteiger partial charge in [0.15, 0.2) is 0 Å². The van der Waals surface area contributed by atoms with Crippen molar-refractivity contribution in [2.24, 2.45) is 5.92 Å². The summed E-state index contributed by atoms with van der Waals surface area (Å²) in [4.78, 5) is 28.3. The third-order valence-corrected chi connectivity index (χ3v) is 7.02. The maximum absolute atomic E-state index is 13.7. The standard InChI is InChI=1S/C24H27F3N4O3/c1-2-30-22-18(13-28-31(22)17-8-10-34-11-9-17)19(14-6-7-14)20(23(30)33)29-21(32)15-4-3-5-16(12-15)24(25,26)27/h3-5,12-14,17,19-20H,2,6-11H2,1H3,(H,29,32)/t19-,20-/m1/s1. The highest BCUT2D eigenvalue weighted by Crippen LogP contribution is 2.50. The Morgan fingerprint density at radius 2 is 1.94 bits per heavy atom. The fourth-order valence-electron chi connectivity index (χ4n) is 5.19. The lowest BCUT2D eigenvalue weighted by molar-refractivity contribution is -0.137. The van der Waals surface area contributed by atoms with Crippen LogP contribution in [-0.4, -0.2) is 47.4 Å². The third-order valence-electron chi connectivity index (χ3n) is 7.02. The Morgan fingerprint density at radius 1 is 1.21 bits per heavy atom. The Labute approximate surface area is 195 Å². The molecule has 1 saturated carbocycles. The van der Waals surface area contributed by atoms with Crippen molar-refractivity contribution in [2.75, 3.05) is 24.7 Å². The molecule has 5 rings (SSSR count). The number of carbonyl (C=O) groups is 2. The molecule has 1 aromatic heterocycles. The smallest absolute Gasteiger partial charge is 0.381 e. The van der Waals surface area contributed by atoms with E-state index in [1.54, 1.807) is 11.1 Å². The van der Waals surface area contributed by atoms with Crippen LogP contribution in [0.1, 0.15) is 66.1 Å². The fraction of sp³-hybridized carbons (Fsp3) is 0.542. The number of fused-ring (bicyclic) bond motifs is 1. The molecule has 0 radical (unpaired) electrons. The monoisotopic (exact) mass is 476 g/mol. The number of halogens is 3. The van der Waals surface area contributed by atoms with E-state index in [2.05, 4.69) is 10.4 Å². The summed E-state index contributed by atoms with van der Waals surface area (Å²) < 4.78 is 46.8. The van der Waals surface area contributed by atoms with Gasteiger partial charge in [-0.3, -0.25) is 14.5 Å². The van der Waals surface area contributed by atoms with Gasteiger partial charge in [0.05, 0.1) is 17.8 Å². The first-order valence-corrected chi connectivity index (χ1v) is 11.7. The molecule has 0 spiro atoms. The maximum Gasteiger partial charge on any atom is 0.416 e. The average Bonchev–Trinajstić information content (AvgIpc) is 3.58. The maximum atomic E-state index is 13.7. The molecule has 3 aliphatic rings. The van der Waals surface area contributed by atoms with Gasteiger partial charge in [0, 0.05) is 36.8 Å². The van der Waals surface area contributed by atoms with Crippen LogP contribution in [0, 0.1) is 5.92 Å². The Hall–Kier alpha value is -2.88. The van der Waals surface area contributed by atoms with E-state index in [0.717, 1.165) is 49.2 Å². The second-order valence-electron chi connectivity index (χ2n) is 9.19. The Kier molecular flexibility index (Phi) is 5.87. The lowest BCUT2D eigenvalue weighted by atomic mass is 9.84. The topological polar surface area (TPSA) is 76.5 Å². The molecule has 2 atom stereocenters. The predicted octanol–water partition coefficient (Wildman–Crippen LogP) is 3.91. The lowest BCUT2D eigenvalue weighted by Crippen LogP contribution is -2.55. The molecule has 2 aliphatic heterocycles. The van der Waals surface area contributed by atoms with E-state index < -0.39 is 23.7 Å². The van der Waals surface area contributed by atoms with Gasteiger partial charge in [-0.15, -0.1) is 0 Å². The minimum atomic E-state index is -4.56. The van der Waals surface area contributed by atoms with Gasteiger partial charge in [0.2, 0.25) is 0 Å². The van der Waals surface area contributed by atoms with Crippen molar-refractivity contribution in [2.45, 2.75) is 56.8 Å². The SMILES string of the molecule is CCN1C(=O)[C@H](NC(=O)c2cccc(C(F)(F)F)c2)[C@H](C2CC2)c2cnn(C3CCOCC3)c21. The highest BCUT2D eigenvalue weighted by molar-refractivity contribution is 6.04. The highest BCUT2D eigenvalue weighted by atomic mass is 19.4. The van der Waals surface area contributed by atoms with Gasteiger partial charge in [-0.2, -0.15) is 18.3 Å². The van der Waals surface area contributed by atoms with E-state index in [1.165, 1.54) is 12.1 Å². The molecule has 182 valence electrons. The fourth-order valence-corrected chi connectivity index (χ4v) is 5.19. The van der Waals surface area contributed by atoms with Crippen LogP contribution in [0.5, 0.6) is 0 Å². The molecule has 2 fully saturated rings. The molecule has 34 heavy (non-hydrogen) atoms. The number of benzene rings is 1. The molecule has 7 nitrogen and oxygen atoms in total. The minimum absolute atomic E-state index is 0.121. The van der Waals surface area contributed by atoms with Crippen molar-refractivity contribution in [3.05, 3.63) is 47.2 Å². The summed E-state index contributed by atoms with van der Waals surface area (Å²) in [5.41, 5.74) is -0.0993. The van der Waals surface area contributed by atoms with Crippen molar-refractivity contribution in [3.63, 3.8) is 0 Å². The first-order valence-electron chi connectivity index (χ1n) is 11.7. The number of likely N-dealkylation sites (N-methyl/N-ethyl adjacent to an activating group) is 1. The quantitative estimate of drug-likeness (QED) is 0.710. The first kappa shape index (κ1) is 22.9. The van der Waals surface area contributed by atoms with Crippen LogP contribution in [0.4, 0.5) is 19.0 Å². The van der Waals surface area contributed by atoms with Crippen LogP contribution in [0.2, 0.25) is 0 Å². The highest BCUT2D eigenvalue weighted by Gasteiger charge is 2.49. The summed E-state index contributed by atoms with van der Waals surface area (Å²) in [6.07, 6.45) is 0.726. The molecule has 1 saturated heterocycles. The third kappa shape index (κ3) is 4.08. The number of amides is 2. The molecule has 1 N–H and O–H groups in total. The molecule has 3 heterocycles.